The molecule has 0 bridgehead atoms. The maximum absolute atomic E-state index is 13.4. The average Bonchev–Trinajstić information content (AvgIpc) is 2.95. The van der Waals surface area contributed by atoms with E-state index in [0.717, 1.165) is 16.7 Å². The minimum absolute atomic E-state index is 0.0493. The molecule has 194 valence electrons. The molecule has 4 rings (SSSR count). The van der Waals surface area contributed by atoms with E-state index in [9.17, 15) is 14.7 Å². The van der Waals surface area contributed by atoms with Crippen LogP contribution in [0.1, 0.15) is 46.1 Å². The average molecular weight is 511 g/mol. The summed E-state index contributed by atoms with van der Waals surface area (Å²) in [4.78, 5) is 31.8. The van der Waals surface area contributed by atoms with Crippen molar-refractivity contribution in [2.24, 2.45) is 0 Å². The molecule has 0 fully saturated rings. The normalized spacial score (nSPS) is 12.3. The van der Waals surface area contributed by atoms with Gasteiger partial charge in [-0.15, -0.1) is 0 Å². The molecule has 0 unspecified atom stereocenters. The highest BCUT2D eigenvalue weighted by atomic mass is 16.6. The number of carbonyl (C=O) groups excluding carboxylic acids is 2. The molecule has 38 heavy (non-hydrogen) atoms. The van der Waals surface area contributed by atoms with Crippen LogP contribution in [0.5, 0.6) is 0 Å². The predicted molar refractivity (Wildman–Crippen MR) is 146 cm³/mol. The molecule has 0 aliphatic carbocycles. The first-order chi connectivity index (χ1) is 18.5. The number of carbonyl (C=O) groups is 2. The number of ether oxygens (including phenoxy) is 1. The maximum atomic E-state index is 13.4. The Hall–Kier alpha value is -4.69. The van der Waals surface area contributed by atoms with Gasteiger partial charge >= 0.3 is 6.09 Å². The zero-order valence-electron chi connectivity index (χ0n) is 21.0. The van der Waals surface area contributed by atoms with Gasteiger partial charge in [-0.3, -0.25) is 14.7 Å². The molecule has 1 heterocycles. The summed E-state index contributed by atoms with van der Waals surface area (Å²) in [5.41, 5.74) is 9.74. The molecule has 1 aromatic heterocycles. The number of benzene rings is 3. The standard InChI is InChI=1S/C30H30N4O4/c1-21(25-10-7-17-32-20-25)38-30(37)34(18-19-35)28(22-8-3-2-4-9-22)23-13-15-24(16-14-23)29(36)33-27-12-6-5-11-26(27)31/h2-17,20-21,28,35H,18-19,31H2,1H3,(H,33,36)/t21-,28-/m0/s1. The lowest BCUT2D eigenvalue weighted by Crippen LogP contribution is -2.38. The van der Waals surface area contributed by atoms with Gasteiger partial charge in [0.2, 0.25) is 0 Å². The molecule has 0 radical (unpaired) electrons. The van der Waals surface area contributed by atoms with Crippen molar-refractivity contribution in [1.82, 2.24) is 9.88 Å². The molecule has 3 aromatic carbocycles. The second kappa shape index (κ2) is 12.5. The molecular weight excluding hydrogens is 480 g/mol. The van der Waals surface area contributed by atoms with Crippen LogP contribution >= 0.6 is 0 Å². The van der Waals surface area contributed by atoms with Crippen molar-refractivity contribution in [2.45, 2.75) is 19.1 Å². The summed E-state index contributed by atoms with van der Waals surface area (Å²) in [6.07, 6.45) is 2.19. The number of pyridine rings is 1. The fourth-order valence-corrected chi connectivity index (χ4v) is 4.15. The highest BCUT2D eigenvalue weighted by Crippen LogP contribution is 2.31. The van der Waals surface area contributed by atoms with Crippen molar-refractivity contribution in [3.05, 3.63) is 126 Å². The van der Waals surface area contributed by atoms with Gasteiger partial charge < -0.3 is 20.9 Å². The Morgan fingerprint density at radius 3 is 2.24 bits per heavy atom. The molecular formula is C30H30N4O4. The van der Waals surface area contributed by atoms with Crippen LogP contribution in [-0.4, -0.2) is 40.1 Å². The Balaban J connectivity index is 1.61. The van der Waals surface area contributed by atoms with Crippen LogP contribution in [0.4, 0.5) is 16.2 Å². The zero-order valence-corrected chi connectivity index (χ0v) is 21.0. The fourth-order valence-electron chi connectivity index (χ4n) is 4.15. The highest BCUT2D eigenvalue weighted by molar-refractivity contribution is 6.05. The number of hydrogen-bond donors (Lipinski definition) is 3. The number of hydrogen-bond acceptors (Lipinski definition) is 6. The highest BCUT2D eigenvalue weighted by Gasteiger charge is 2.29. The third-order valence-electron chi connectivity index (χ3n) is 6.13. The summed E-state index contributed by atoms with van der Waals surface area (Å²) in [6, 6.07) is 26.6. The minimum atomic E-state index is -0.578. The van der Waals surface area contributed by atoms with Crippen LogP contribution in [0, 0.1) is 0 Å². The van der Waals surface area contributed by atoms with Gasteiger partial charge in [0, 0.05) is 30.1 Å². The third-order valence-corrected chi connectivity index (χ3v) is 6.13. The van der Waals surface area contributed by atoms with Crippen LogP contribution < -0.4 is 11.1 Å². The van der Waals surface area contributed by atoms with Crippen molar-refractivity contribution in [3.63, 3.8) is 0 Å². The molecule has 0 saturated carbocycles. The molecule has 2 atom stereocenters. The first-order valence-electron chi connectivity index (χ1n) is 12.3. The van der Waals surface area contributed by atoms with E-state index in [1.807, 2.05) is 36.4 Å². The number of nitrogens with one attached hydrogen (secondary N) is 1. The first-order valence-corrected chi connectivity index (χ1v) is 12.3. The second-order valence-corrected chi connectivity index (χ2v) is 8.71. The molecule has 2 amide bonds. The van der Waals surface area contributed by atoms with Crippen molar-refractivity contribution in [3.8, 4) is 0 Å². The first kappa shape index (κ1) is 26.4. The summed E-state index contributed by atoms with van der Waals surface area (Å²) in [5, 5.41) is 12.7. The smallest absolute Gasteiger partial charge is 0.411 e. The predicted octanol–water partition coefficient (Wildman–Crippen LogP) is 5.20. The van der Waals surface area contributed by atoms with E-state index < -0.39 is 18.2 Å². The quantitative estimate of drug-likeness (QED) is 0.267. The molecule has 4 aromatic rings. The second-order valence-electron chi connectivity index (χ2n) is 8.71. The van der Waals surface area contributed by atoms with Gasteiger partial charge in [-0.1, -0.05) is 60.7 Å². The number of nitrogens with two attached hydrogens (primary N) is 1. The van der Waals surface area contributed by atoms with E-state index in [2.05, 4.69) is 10.3 Å². The number of aromatic nitrogens is 1. The maximum Gasteiger partial charge on any atom is 0.411 e. The Bertz CT molecular complexity index is 1350. The molecule has 0 saturated heterocycles. The van der Waals surface area contributed by atoms with E-state index in [4.69, 9.17) is 10.5 Å². The van der Waals surface area contributed by atoms with E-state index in [1.165, 1.54) is 4.90 Å². The van der Waals surface area contributed by atoms with Crippen molar-refractivity contribution < 1.29 is 19.4 Å². The zero-order chi connectivity index (χ0) is 26.9. The Labute approximate surface area is 221 Å². The van der Waals surface area contributed by atoms with Crippen LogP contribution in [0.2, 0.25) is 0 Å². The van der Waals surface area contributed by atoms with Gasteiger partial charge in [-0.2, -0.15) is 0 Å². The van der Waals surface area contributed by atoms with Crippen molar-refractivity contribution in [2.75, 3.05) is 24.2 Å². The molecule has 0 spiro atoms. The van der Waals surface area contributed by atoms with Gasteiger partial charge in [0.05, 0.1) is 24.0 Å². The SMILES string of the molecule is C[C@H](OC(=O)N(CCO)[C@@H](c1ccccc1)c1ccc(C(=O)Nc2ccccc2N)cc1)c1cccnc1. The number of amides is 2. The third kappa shape index (κ3) is 6.35. The lowest BCUT2D eigenvalue weighted by molar-refractivity contribution is 0.0549. The van der Waals surface area contributed by atoms with Crippen molar-refractivity contribution >= 4 is 23.4 Å². The summed E-state index contributed by atoms with van der Waals surface area (Å²) < 4.78 is 5.77. The largest absolute Gasteiger partial charge is 0.441 e. The number of para-hydroxylation sites is 2. The van der Waals surface area contributed by atoms with E-state index in [1.54, 1.807) is 73.9 Å². The lowest BCUT2D eigenvalue weighted by Gasteiger charge is -2.32. The van der Waals surface area contributed by atoms with E-state index in [0.29, 0.717) is 16.9 Å². The summed E-state index contributed by atoms with van der Waals surface area (Å²) >= 11 is 0. The Morgan fingerprint density at radius 1 is 0.921 bits per heavy atom. The van der Waals surface area contributed by atoms with E-state index in [-0.39, 0.29) is 19.1 Å². The number of nitrogens with zero attached hydrogens (tertiary/aromatic N) is 2. The molecule has 0 aliphatic heterocycles. The number of nitrogen functional groups attached to an aromatic ring is 1. The Kier molecular flexibility index (Phi) is 8.69. The van der Waals surface area contributed by atoms with Crippen LogP contribution in [0.3, 0.4) is 0 Å². The van der Waals surface area contributed by atoms with Gasteiger partial charge in [0.25, 0.3) is 5.91 Å². The van der Waals surface area contributed by atoms with Gasteiger partial charge in [-0.25, -0.2) is 4.79 Å². The van der Waals surface area contributed by atoms with Gasteiger partial charge in [-0.05, 0) is 48.4 Å². The number of anilines is 2. The topological polar surface area (TPSA) is 118 Å². The number of aliphatic hydroxyl groups is 1. The summed E-state index contributed by atoms with van der Waals surface area (Å²) in [5.74, 6) is -0.303. The lowest BCUT2D eigenvalue weighted by atomic mass is 9.96. The molecule has 4 N–H and O–H groups in total. The fraction of sp³-hybridized carbons (Fsp3) is 0.167. The number of rotatable bonds is 9. The summed E-state index contributed by atoms with van der Waals surface area (Å²) in [6.45, 7) is 1.57. The molecule has 8 nitrogen and oxygen atoms in total. The summed E-state index contributed by atoms with van der Waals surface area (Å²) in [7, 11) is 0. The minimum Gasteiger partial charge on any atom is -0.441 e. The molecule has 0 aliphatic rings. The van der Waals surface area contributed by atoms with Crippen molar-refractivity contribution in [1.29, 1.82) is 0 Å². The van der Waals surface area contributed by atoms with Gasteiger partial charge in [0.1, 0.15) is 6.10 Å². The van der Waals surface area contributed by atoms with Crippen LogP contribution in [-0.2, 0) is 4.74 Å². The Morgan fingerprint density at radius 2 is 1.58 bits per heavy atom. The van der Waals surface area contributed by atoms with Gasteiger partial charge in [0.15, 0.2) is 0 Å². The molecule has 8 heteroatoms. The van der Waals surface area contributed by atoms with Crippen LogP contribution in [0.15, 0.2) is 103 Å². The van der Waals surface area contributed by atoms with Crippen LogP contribution in [0.25, 0.3) is 0 Å². The van der Waals surface area contributed by atoms with E-state index >= 15 is 0 Å². The monoisotopic (exact) mass is 510 g/mol. The number of aliphatic hydroxyl groups excluding tert-OH is 1.